The first kappa shape index (κ1) is 18.7. The molecule has 1 N–H and O–H groups in total. The lowest BCUT2D eigenvalue weighted by atomic mass is 9.84. The van der Waals surface area contributed by atoms with Gasteiger partial charge in [-0.2, -0.15) is 5.26 Å². The molecule has 0 bridgehead atoms. The molecule has 0 aliphatic heterocycles. The number of allylic oxidation sites excluding steroid dienone is 4. The van der Waals surface area contributed by atoms with E-state index in [9.17, 15) is 0 Å². The van der Waals surface area contributed by atoms with Crippen molar-refractivity contribution in [1.82, 2.24) is 0 Å². The SMILES string of the molecule is C=C(C#N)/C=C\C(=C)C1CCCCC1.C=O.CO. The zero-order valence-corrected chi connectivity index (χ0v) is 11.2. The molecule has 0 aromatic heterocycles. The lowest BCUT2D eigenvalue weighted by Crippen LogP contribution is -2.06. The molecule has 0 radical (unpaired) electrons. The van der Waals surface area contributed by atoms with Crippen molar-refractivity contribution in [2.24, 2.45) is 5.92 Å². The van der Waals surface area contributed by atoms with Gasteiger partial charge in [-0.1, -0.05) is 44.1 Å². The van der Waals surface area contributed by atoms with E-state index in [2.05, 4.69) is 13.2 Å². The molecular weight excluding hydrogens is 226 g/mol. The number of rotatable bonds is 3. The average Bonchev–Trinajstić information content (AvgIpc) is 2.49. The van der Waals surface area contributed by atoms with Gasteiger partial charge in [-0.05, 0) is 24.8 Å². The van der Waals surface area contributed by atoms with Gasteiger partial charge < -0.3 is 9.90 Å². The van der Waals surface area contributed by atoms with Gasteiger partial charge in [0.1, 0.15) is 6.79 Å². The van der Waals surface area contributed by atoms with Crippen molar-refractivity contribution in [3.8, 4) is 6.07 Å². The topological polar surface area (TPSA) is 61.1 Å². The van der Waals surface area contributed by atoms with Crippen molar-refractivity contribution in [3.63, 3.8) is 0 Å². The molecule has 3 nitrogen and oxygen atoms in total. The number of nitrogens with zero attached hydrogens (tertiary/aromatic N) is 1. The molecule has 0 saturated heterocycles. The predicted octanol–water partition coefficient (Wildman–Crippen LogP) is 3.18. The number of aliphatic hydroxyl groups is 1. The smallest absolute Gasteiger partial charge is 0.106 e. The van der Waals surface area contributed by atoms with E-state index in [1.54, 1.807) is 6.08 Å². The Morgan fingerprint density at radius 2 is 1.67 bits per heavy atom. The molecule has 1 aliphatic rings. The van der Waals surface area contributed by atoms with Gasteiger partial charge in [0.25, 0.3) is 0 Å². The molecule has 0 aromatic rings. The summed E-state index contributed by atoms with van der Waals surface area (Å²) in [6, 6.07) is 2.00. The van der Waals surface area contributed by atoms with Gasteiger partial charge in [-0.25, -0.2) is 0 Å². The van der Waals surface area contributed by atoms with Crippen molar-refractivity contribution >= 4 is 6.79 Å². The summed E-state index contributed by atoms with van der Waals surface area (Å²) in [4.78, 5) is 8.00. The second-order valence-corrected chi connectivity index (χ2v) is 3.88. The number of hydrogen-bond donors (Lipinski definition) is 1. The quantitative estimate of drug-likeness (QED) is 0.617. The maximum absolute atomic E-state index is 8.53. The molecular formula is C15H23NO2. The number of hydrogen-bond acceptors (Lipinski definition) is 3. The number of nitriles is 1. The number of carbonyl (C=O) groups excluding carboxylic acids is 1. The van der Waals surface area contributed by atoms with Crippen molar-refractivity contribution in [1.29, 1.82) is 5.26 Å². The van der Waals surface area contributed by atoms with Crippen LogP contribution in [0.3, 0.4) is 0 Å². The third-order valence-corrected chi connectivity index (χ3v) is 2.77. The first-order valence-corrected chi connectivity index (χ1v) is 5.93. The van der Waals surface area contributed by atoms with Crippen molar-refractivity contribution in [2.45, 2.75) is 32.1 Å². The average molecular weight is 249 g/mol. The van der Waals surface area contributed by atoms with Crippen LogP contribution in [-0.2, 0) is 4.79 Å². The van der Waals surface area contributed by atoms with Gasteiger partial charge in [0.2, 0.25) is 0 Å². The fourth-order valence-electron chi connectivity index (χ4n) is 1.85. The summed E-state index contributed by atoms with van der Waals surface area (Å²) >= 11 is 0. The van der Waals surface area contributed by atoms with Gasteiger partial charge in [0.15, 0.2) is 0 Å². The Labute approximate surface area is 110 Å². The normalized spacial score (nSPS) is 14.5. The van der Waals surface area contributed by atoms with Gasteiger partial charge in [0, 0.05) is 12.7 Å². The molecule has 0 atom stereocenters. The highest BCUT2D eigenvalue weighted by atomic mass is 16.2. The molecule has 1 aliphatic carbocycles. The van der Waals surface area contributed by atoms with Crippen LogP contribution in [0.5, 0.6) is 0 Å². The van der Waals surface area contributed by atoms with Crippen LogP contribution < -0.4 is 0 Å². The predicted molar refractivity (Wildman–Crippen MR) is 74.9 cm³/mol. The van der Waals surface area contributed by atoms with Crippen molar-refractivity contribution < 1.29 is 9.90 Å². The maximum Gasteiger partial charge on any atom is 0.106 e. The Morgan fingerprint density at radius 3 is 2.11 bits per heavy atom. The second kappa shape index (κ2) is 13.4. The minimum atomic E-state index is 0.502. The van der Waals surface area contributed by atoms with E-state index in [4.69, 9.17) is 15.2 Å². The summed E-state index contributed by atoms with van der Waals surface area (Å²) in [5, 5.41) is 15.5. The molecule has 1 rings (SSSR count). The summed E-state index contributed by atoms with van der Waals surface area (Å²) < 4.78 is 0. The summed E-state index contributed by atoms with van der Waals surface area (Å²) in [6.07, 6.45) is 10.2. The maximum atomic E-state index is 8.53. The molecule has 0 heterocycles. The zero-order chi connectivity index (χ0) is 14.4. The highest BCUT2D eigenvalue weighted by Gasteiger charge is 2.14. The van der Waals surface area contributed by atoms with Crippen molar-refractivity contribution in [2.75, 3.05) is 7.11 Å². The van der Waals surface area contributed by atoms with Crippen LogP contribution in [0.15, 0.2) is 36.5 Å². The summed E-state index contributed by atoms with van der Waals surface area (Å²) in [5.74, 6) is 0.631. The van der Waals surface area contributed by atoms with Crippen LogP contribution in [0, 0.1) is 17.2 Å². The highest BCUT2D eigenvalue weighted by Crippen LogP contribution is 2.29. The largest absolute Gasteiger partial charge is 0.400 e. The zero-order valence-electron chi connectivity index (χ0n) is 11.2. The molecule has 0 unspecified atom stereocenters. The summed E-state index contributed by atoms with van der Waals surface area (Å²) in [6.45, 7) is 9.65. The third kappa shape index (κ3) is 8.49. The molecule has 3 heteroatoms. The molecule has 100 valence electrons. The van der Waals surface area contributed by atoms with E-state index in [1.807, 2.05) is 18.9 Å². The van der Waals surface area contributed by atoms with Crippen LogP contribution in [0.2, 0.25) is 0 Å². The lowest BCUT2D eigenvalue weighted by Gasteiger charge is -2.21. The van der Waals surface area contributed by atoms with E-state index in [0.29, 0.717) is 11.5 Å². The Balaban J connectivity index is 0. The summed E-state index contributed by atoms with van der Waals surface area (Å²) in [7, 11) is 1.00. The minimum absolute atomic E-state index is 0.502. The van der Waals surface area contributed by atoms with Gasteiger partial charge in [-0.3, -0.25) is 0 Å². The van der Waals surface area contributed by atoms with E-state index in [1.165, 1.54) is 32.1 Å². The fourth-order valence-corrected chi connectivity index (χ4v) is 1.85. The van der Waals surface area contributed by atoms with E-state index in [-0.39, 0.29) is 0 Å². The molecule has 1 saturated carbocycles. The lowest BCUT2D eigenvalue weighted by molar-refractivity contribution is -0.0979. The molecule has 0 aromatic carbocycles. The Hall–Kier alpha value is -1.66. The van der Waals surface area contributed by atoms with Gasteiger partial charge in [-0.15, -0.1) is 0 Å². The third-order valence-electron chi connectivity index (χ3n) is 2.77. The van der Waals surface area contributed by atoms with Crippen LogP contribution >= 0.6 is 0 Å². The van der Waals surface area contributed by atoms with Crippen LogP contribution in [-0.4, -0.2) is 19.0 Å². The van der Waals surface area contributed by atoms with E-state index in [0.717, 1.165) is 12.7 Å². The Morgan fingerprint density at radius 1 is 1.17 bits per heavy atom. The first-order chi connectivity index (χ1) is 8.74. The van der Waals surface area contributed by atoms with E-state index < -0.39 is 0 Å². The van der Waals surface area contributed by atoms with Crippen LogP contribution in [0.1, 0.15) is 32.1 Å². The van der Waals surface area contributed by atoms with Crippen LogP contribution in [0.4, 0.5) is 0 Å². The second-order valence-electron chi connectivity index (χ2n) is 3.88. The minimum Gasteiger partial charge on any atom is -0.400 e. The molecule has 1 fully saturated rings. The van der Waals surface area contributed by atoms with Gasteiger partial charge in [0.05, 0.1) is 6.07 Å². The molecule has 0 amide bonds. The summed E-state index contributed by atoms with van der Waals surface area (Å²) in [5.41, 5.74) is 1.66. The monoisotopic (exact) mass is 249 g/mol. The Bertz CT molecular complexity index is 307. The Kier molecular flexibility index (Phi) is 13.9. The van der Waals surface area contributed by atoms with Gasteiger partial charge >= 0.3 is 0 Å². The van der Waals surface area contributed by atoms with E-state index >= 15 is 0 Å². The molecule has 0 spiro atoms. The number of aliphatic hydroxyl groups excluding tert-OH is 1. The first-order valence-electron chi connectivity index (χ1n) is 5.93. The van der Waals surface area contributed by atoms with Crippen LogP contribution in [0.25, 0.3) is 0 Å². The molecule has 18 heavy (non-hydrogen) atoms. The number of carbonyl (C=O) groups is 1. The standard InChI is InChI=1S/C13H17N.CH4O.CH2O/c1-11(10-14)8-9-12(2)13-6-4-3-5-7-13;2*1-2/h8-9,13H,1-7H2;2H,1H3;1H2/b9-8-;;. The highest BCUT2D eigenvalue weighted by molar-refractivity contribution is 5.34. The van der Waals surface area contributed by atoms with Crippen molar-refractivity contribution in [3.05, 3.63) is 36.5 Å². The fraction of sp³-hybridized carbons (Fsp3) is 0.467.